The van der Waals surface area contributed by atoms with Crippen LogP contribution < -0.4 is 51.4 Å². The largest absolute Gasteiger partial charge is 1.00 e. The molecule has 0 spiro atoms. The number of benzene rings is 2. The molecule has 0 unspecified atom stereocenters. The zero-order chi connectivity index (χ0) is 14.2. The van der Waals surface area contributed by atoms with E-state index in [-0.39, 0.29) is 69.5 Å². The Morgan fingerprint density at radius 3 is 2.20 bits per heavy atom. The van der Waals surface area contributed by atoms with E-state index in [1.54, 1.807) is 0 Å². The standard InChI is InChI=1S/C14H9F5.K.H/c1-8-3-2-4-11(14(17,18)19)13(8)10-6-5-9(15)7-12(10)16;;/h2-7H,1H3;;/q;+1;-1. The van der Waals surface area contributed by atoms with Crippen molar-refractivity contribution in [3.8, 4) is 11.1 Å². The maximum atomic E-state index is 13.7. The molecule has 2 aromatic rings. The third-order valence-electron chi connectivity index (χ3n) is 2.78. The van der Waals surface area contributed by atoms with Crippen LogP contribution in [0.25, 0.3) is 11.1 Å². The van der Waals surface area contributed by atoms with Crippen molar-refractivity contribution >= 4 is 0 Å². The van der Waals surface area contributed by atoms with Gasteiger partial charge in [0.2, 0.25) is 0 Å². The predicted octanol–water partition coefficient (Wildman–Crippen LogP) is 2.08. The topological polar surface area (TPSA) is 0 Å². The van der Waals surface area contributed by atoms with Gasteiger partial charge in [-0.25, -0.2) is 8.78 Å². The summed E-state index contributed by atoms with van der Waals surface area (Å²) in [7, 11) is 0. The molecule has 0 fully saturated rings. The SMILES string of the molecule is Cc1cccc(C(F)(F)F)c1-c1ccc(F)cc1F.[H-].[K+]. The van der Waals surface area contributed by atoms with Crippen LogP contribution in [-0.4, -0.2) is 0 Å². The van der Waals surface area contributed by atoms with E-state index in [0.29, 0.717) is 6.07 Å². The predicted molar refractivity (Wildman–Crippen MR) is 62.6 cm³/mol. The molecule has 0 saturated heterocycles. The Labute approximate surface area is 156 Å². The first kappa shape index (κ1) is 17.8. The van der Waals surface area contributed by atoms with E-state index < -0.39 is 23.4 Å². The zero-order valence-corrected chi connectivity index (χ0v) is 14.0. The number of hydrogen-bond acceptors (Lipinski definition) is 0. The Morgan fingerprint density at radius 2 is 1.65 bits per heavy atom. The molecular formula is C14H10F5K. The van der Waals surface area contributed by atoms with Crippen LogP contribution in [0, 0.1) is 18.6 Å². The molecule has 0 radical (unpaired) electrons. The molecule has 2 rings (SSSR count). The molecule has 0 atom stereocenters. The average Bonchev–Trinajstić information content (AvgIpc) is 2.28. The second kappa shape index (κ2) is 6.66. The Kier molecular flexibility index (Phi) is 5.92. The van der Waals surface area contributed by atoms with Crippen LogP contribution in [0.1, 0.15) is 12.6 Å². The fourth-order valence-corrected chi connectivity index (χ4v) is 1.95. The quantitative estimate of drug-likeness (QED) is 0.559. The van der Waals surface area contributed by atoms with Crippen LogP contribution in [-0.2, 0) is 6.18 Å². The molecule has 0 aromatic heterocycles. The summed E-state index contributed by atoms with van der Waals surface area (Å²) >= 11 is 0. The Morgan fingerprint density at radius 1 is 1.00 bits per heavy atom. The fraction of sp³-hybridized carbons (Fsp3) is 0.143. The van der Waals surface area contributed by atoms with E-state index in [1.165, 1.54) is 19.1 Å². The van der Waals surface area contributed by atoms with E-state index >= 15 is 0 Å². The molecule has 0 aliphatic rings. The van der Waals surface area contributed by atoms with Gasteiger partial charge in [-0.05, 0) is 36.2 Å². The van der Waals surface area contributed by atoms with Gasteiger partial charge in [0.1, 0.15) is 11.6 Å². The van der Waals surface area contributed by atoms with Gasteiger partial charge in [-0.3, -0.25) is 0 Å². The minimum Gasteiger partial charge on any atom is -1.00 e. The molecule has 6 heteroatoms. The second-order valence-corrected chi connectivity index (χ2v) is 4.12. The van der Waals surface area contributed by atoms with Crippen molar-refractivity contribution in [1.29, 1.82) is 0 Å². The minimum absolute atomic E-state index is 0. The second-order valence-electron chi connectivity index (χ2n) is 4.12. The van der Waals surface area contributed by atoms with Gasteiger partial charge in [-0.15, -0.1) is 0 Å². The molecule has 0 bridgehead atoms. The van der Waals surface area contributed by atoms with Gasteiger partial charge >= 0.3 is 57.6 Å². The first-order valence-electron chi connectivity index (χ1n) is 5.43. The van der Waals surface area contributed by atoms with E-state index in [0.717, 1.165) is 18.2 Å². The monoisotopic (exact) mass is 312 g/mol. The van der Waals surface area contributed by atoms with E-state index in [1.807, 2.05) is 0 Å². The fourth-order valence-electron chi connectivity index (χ4n) is 1.95. The van der Waals surface area contributed by atoms with Crippen molar-refractivity contribution in [3.05, 3.63) is 59.2 Å². The third kappa shape index (κ3) is 3.68. The van der Waals surface area contributed by atoms with Crippen molar-refractivity contribution < 1.29 is 74.8 Å². The number of rotatable bonds is 1. The van der Waals surface area contributed by atoms with Gasteiger partial charge in [-0.2, -0.15) is 13.2 Å². The van der Waals surface area contributed by atoms with Gasteiger partial charge < -0.3 is 1.43 Å². The molecule has 0 aliphatic carbocycles. The Bertz CT molecular complexity index is 625. The molecular weight excluding hydrogens is 302 g/mol. The van der Waals surface area contributed by atoms with E-state index in [2.05, 4.69) is 0 Å². The number of hydrogen-bond donors (Lipinski definition) is 0. The van der Waals surface area contributed by atoms with Crippen molar-refractivity contribution in [2.24, 2.45) is 0 Å². The van der Waals surface area contributed by atoms with Crippen LogP contribution in [0.5, 0.6) is 0 Å². The summed E-state index contributed by atoms with van der Waals surface area (Å²) in [5.74, 6) is -1.84. The molecule has 2 aromatic carbocycles. The maximum absolute atomic E-state index is 13.7. The first-order valence-corrected chi connectivity index (χ1v) is 5.43. The zero-order valence-electron chi connectivity index (χ0n) is 11.9. The van der Waals surface area contributed by atoms with Crippen molar-refractivity contribution in [1.82, 2.24) is 0 Å². The summed E-state index contributed by atoms with van der Waals surface area (Å²) < 4.78 is 65.3. The van der Waals surface area contributed by atoms with Crippen LogP contribution >= 0.6 is 0 Å². The summed E-state index contributed by atoms with van der Waals surface area (Å²) in [6.45, 7) is 1.45. The molecule has 20 heavy (non-hydrogen) atoms. The normalized spacial score (nSPS) is 11.1. The van der Waals surface area contributed by atoms with E-state index in [9.17, 15) is 22.0 Å². The molecule has 0 saturated carbocycles. The van der Waals surface area contributed by atoms with Gasteiger partial charge in [0.15, 0.2) is 0 Å². The van der Waals surface area contributed by atoms with E-state index in [4.69, 9.17) is 0 Å². The van der Waals surface area contributed by atoms with Crippen LogP contribution in [0.3, 0.4) is 0 Å². The van der Waals surface area contributed by atoms with Gasteiger partial charge in [0.25, 0.3) is 0 Å². The molecule has 0 nitrogen and oxygen atoms in total. The van der Waals surface area contributed by atoms with Crippen LogP contribution in [0.4, 0.5) is 22.0 Å². The Hall–Kier alpha value is -0.274. The average molecular weight is 312 g/mol. The summed E-state index contributed by atoms with van der Waals surface area (Å²) in [6, 6.07) is 6.11. The maximum Gasteiger partial charge on any atom is 1.00 e. The molecule has 0 aliphatic heterocycles. The van der Waals surface area contributed by atoms with Crippen LogP contribution in [0.15, 0.2) is 36.4 Å². The first-order chi connectivity index (χ1) is 8.80. The van der Waals surface area contributed by atoms with Crippen LogP contribution in [0.2, 0.25) is 0 Å². The van der Waals surface area contributed by atoms with Gasteiger partial charge in [0, 0.05) is 11.6 Å². The van der Waals surface area contributed by atoms with Gasteiger partial charge in [0.05, 0.1) is 5.56 Å². The summed E-state index contributed by atoms with van der Waals surface area (Å²) in [5, 5.41) is 0. The third-order valence-corrected chi connectivity index (χ3v) is 2.78. The van der Waals surface area contributed by atoms with Gasteiger partial charge in [-0.1, -0.05) is 12.1 Å². The van der Waals surface area contributed by atoms with Crippen molar-refractivity contribution in [2.45, 2.75) is 13.1 Å². The molecule has 102 valence electrons. The minimum atomic E-state index is -4.60. The van der Waals surface area contributed by atoms with Crippen molar-refractivity contribution in [3.63, 3.8) is 0 Å². The molecule has 0 N–H and O–H groups in total. The number of halogens is 5. The number of aryl methyl sites for hydroxylation is 1. The summed E-state index contributed by atoms with van der Waals surface area (Å²) in [6.07, 6.45) is -4.60. The summed E-state index contributed by atoms with van der Waals surface area (Å²) in [4.78, 5) is 0. The molecule has 0 amide bonds. The number of alkyl halides is 3. The summed E-state index contributed by atoms with van der Waals surface area (Å²) in [5.41, 5.74) is -1.17. The Balaban J connectivity index is 0.00000200. The molecule has 0 heterocycles. The van der Waals surface area contributed by atoms with Crippen molar-refractivity contribution in [2.75, 3.05) is 0 Å². The smallest absolute Gasteiger partial charge is 1.00 e.